The summed E-state index contributed by atoms with van der Waals surface area (Å²) in [6.45, 7) is 8.59. The number of rotatable bonds is 3. The van der Waals surface area contributed by atoms with Crippen LogP contribution >= 0.6 is 0 Å². The van der Waals surface area contributed by atoms with Crippen molar-refractivity contribution in [3.05, 3.63) is 18.3 Å². The first kappa shape index (κ1) is 13.2. The fourth-order valence-electron chi connectivity index (χ4n) is 2.79. The fourth-order valence-corrected chi connectivity index (χ4v) is 2.79. The van der Waals surface area contributed by atoms with Crippen LogP contribution in [0.5, 0.6) is 0 Å². The summed E-state index contributed by atoms with van der Waals surface area (Å²) in [6, 6.07) is 0.580. The maximum absolute atomic E-state index is 6.41. The van der Waals surface area contributed by atoms with Gasteiger partial charge in [-0.15, -0.1) is 0 Å². The summed E-state index contributed by atoms with van der Waals surface area (Å²) in [6.07, 6.45) is 7.10. The van der Waals surface area contributed by atoms with Crippen LogP contribution in [-0.4, -0.2) is 19.1 Å². The van der Waals surface area contributed by atoms with E-state index in [4.69, 9.17) is 10.7 Å². The van der Waals surface area contributed by atoms with Crippen molar-refractivity contribution in [2.75, 3.05) is 5.73 Å². The lowest BCUT2D eigenvalue weighted by molar-refractivity contribution is 0.389. The molecule has 108 valence electrons. The molecule has 0 amide bonds. The van der Waals surface area contributed by atoms with E-state index in [0.717, 1.165) is 29.5 Å². The highest BCUT2D eigenvalue weighted by molar-refractivity contribution is 5.68. The first-order chi connectivity index (χ1) is 9.43. The minimum atomic E-state index is -0.0644. The van der Waals surface area contributed by atoms with Crippen molar-refractivity contribution in [2.45, 2.75) is 58.5 Å². The Labute approximate surface area is 119 Å². The van der Waals surface area contributed by atoms with Crippen LogP contribution < -0.4 is 5.73 Å². The number of imidazole rings is 2. The van der Waals surface area contributed by atoms with E-state index < -0.39 is 0 Å². The lowest BCUT2D eigenvalue weighted by Gasteiger charge is -2.24. The van der Waals surface area contributed by atoms with E-state index >= 15 is 0 Å². The van der Waals surface area contributed by atoms with Gasteiger partial charge in [0.15, 0.2) is 0 Å². The molecule has 2 aromatic rings. The zero-order valence-corrected chi connectivity index (χ0v) is 12.7. The first-order valence-corrected chi connectivity index (χ1v) is 7.33. The third kappa shape index (κ3) is 2.01. The molecule has 1 aliphatic carbocycles. The molecule has 20 heavy (non-hydrogen) atoms. The number of nitrogens with zero attached hydrogens (tertiary/aromatic N) is 4. The molecule has 0 aliphatic heterocycles. The Bertz CT molecular complexity index is 625. The smallest absolute Gasteiger partial charge is 0.133 e. The normalized spacial score (nSPS) is 15.8. The van der Waals surface area contributed by atoms with Crippen LogP contribution in [-0.2, 0) is 12.0 Å². The van der Waals surface area contributed by atoms with Gasteiger partial charge < -0.3 is 14.9 Å². The predicted molar refractivity (Wildman–Crippen MR) is 80.5 cm³/mol. The van der Waals surface area contributed by atoms with E-state index in [0.29, 0.717) is 6.04 Å². The van der Waals surface area contributed by atoms with E-state index in [-0.39, 0.29) is 5.54 Å². The number of aryl methyl sites for hydroxylation is 1. The maximum Gasteiger partial charge on any atom is 0.133 e. The van der Waals surface area contributed by atoms with E-state index in [1.54, 1.807) is 0 Å². The van der Waals surface area contributed by atoms with Crippen molar-refractivity contribution in [3.63, 3.8) is 0 Å². The molecular weight excluding hydrogens is 250 g/mol. The minimum absolute atomic E-state index is 0.0644. The standard InChI is InChI=1S/C15H23N5/c1-5-12-18-13(14(16)20(12)15(2,3)4)11-8-17-9-19(11)10-6-7-10/h8-10H,5-7,16H2,1-4H3. The molecule has 2 N–H and O–H groups in total. The topological polar surface area (TPSA) is 61.7 Å². The van der Waals surface area contributed by atoms with E-state index in [1.165, 1.54) is 12.8 Å². The monoisotopic (exact) mass is 273 g/mol. The van der Waals surface area contributed by atoms with Crippen molar-refractivity contribution in [1.82, 2.24) is 19.1 Å². The molecule has 0 spiro atoms. The Balaban J connectivity index is 2.15. The second kappa shape index (κ2) is 4.36. The molecule has 0 unspecified atom stereocenters. The highest BCUT2D eigenvalue weighted by Gasteiger charge is 2.29. The average Bonchev–Trinajstić information content (AvgIpc) is 2.99. The third-order valence-electron chi connectivity index (χ3n) is 3.82. The number of nitrogen functional groups attached to an aromatic ring is 1. The number of nitrogens with two attached hydrogens (primary N) is 1. The molecule has 5 nitrogen and oxygen atoms in total. The Hall–Kier alpha value is -1.78. The molecule has 0 radical (unpaired) electrons. The number of aromatic nitrogens is 4. The Morgan fingerprint density at radius 1 is 1.35 bits per heavy atom. The first-order valence-electron chi connectivity index (χ1n) is 7.33. The maximum atomic E-state index is 6.41. The van der Waals surface area contributed by atoms with E-state index in [2.05, 4.69) is 41.8 Å². The van der Waals surface area contributed by atoms with Crippen LogP contribution in [0.3, 0.4) is 0 Å². The van der Waals surface area contributed by atoms with Crippen molar-refractivity contribution in [2.24, 2.45) is 0 Å². The van der Waals surface area contributed by atoms with Crippen LogP contribution in [0.1, 0.15) is 52.4 Å². The molecule has 1 saturated carbocycles. The Morgan fingerprint density at radius 3 is 2.55 bits per heavy atom. The second-order valence-corrected chi connectivity index (χ2v) is 6.54. The van der Waals surface area contributed by atoms with Crippen molar-refractivity contribution in [1.29, 1.82) is 0 Å². The van der Waals surface area contributed by atoms with Gasteiger partial charge in [-0.05, 0) is 33.6 Å². The van der Waals surface area contributed by atoms with Gasteiger partial charge in [-0.2, -0.15) is 0 Å². The summed E-state index contributed by atoms with van der Waals surface area (Å²) in [5.74, 6) is 1.78. The molecule has 0 atom stereocenters. The highest BCUT2D eigenvalue weighted by atomic mass is 15.2. The summed E-state index contributed by atoms with van der Waals surface area (Å²) >= 11 is 0. The molecule has 1 fully saturated rings. The molecule has 3 rings (SSSR count). The van der Waals surface area contributed by atoms with Crippen molar-refractivity contribution < 1.29 is 0 Å². The zero-order valence-electron chi connectivity index (χ0n) is 12.7. The van der Waals surface area contributed by atoms with Gasteiger partial charge >= 0.3 is 0 Å². The minimum Gasteiger partial charge on any atom is -0.383 e. The van der Waals surface area contributed by atoms with Crippen LogP contribution in [0.15, 0.2) is 12.5 Å². The number of anilines is 1. The summed E-state index contributed by atoms with van der Waals surface area (Å²) in [7, 11) is 0. The van der Waals surface area contributed by atoms with Gasteiger partial charge in [0.25, 0.3) is 0 Å². The third-order valence-corrected chi connectivity index (χ3v) is 3.82. The van der Waals surface area contributed by atoms with Gasteiger partial charge in [0.1, 0.15) is 17.3 Å². The second-order valence-electron chi connectivity index (χ2n) is 6.54. The van der Waals surface area contributed by atoms with Gasteiger partial charge in [-0.1, -0.05) is 6.92 Å². The lowest BCUT2D eigenvalue weighted by Crippen LogP contribution is -2.25. The zero-order chi connectivity index (χ0) is 14.5. The fraction of sp³-hybridized carbons (Fsp3) is 0.600. The van der Waals surface area contributed by atoms with E-state index in [1.807, 2.05) is 12.5 Å². The highest BCUT2D eigenvalue weighted by Crippen LogP contribution is 2.40. The summed E-state index contributed by atoms with van der Waals surface area (Å²) in [5.41, 5.74) is 8.26. The molecule has 1 aliphatic rings. The Kier molecular flexibility index (Phi) is 2.88. The number of hydrogen-bond donors (Lipinski definition) is 1. The van der Waals surface area contributed by atoms with Crippen molar-refractivity contribution in [3.8, 4) is 11.4 Å². The molecule has 2 aromatic heterocycles. The SMILES string of the molecule is CCc1nc(-c2cncn2C2CC2)c(N)n1C(C)(C)C. The lowest BCUT2D eigenvalue weighted by atomic mass is 10.1. The van der Waals surface area contributed by atoms with Gasteiger partial charge in [0.2, 0.25) is 0 Å². The molecule has 5 heteroatoms. The van der Waals surface area contributed by atoms with Crippen LogP contribution in [0.2, 0.25) is 0 Å². The molecule has 0 aromatic carbocycles. The number of hydrogen-bond acceptors (Lipinski definition) is 3. The molecule has 2 heterocycles. The van der Waals surface area contributed by atoms with Gasteiger partial charge in [0, 0.05) is 18.0 Å². The molecule has 0 saturated heterocycles. The predicted octanol–water partition coefficient (Wildman–Crippen LogP) is 2.98. The van der Waals surface area contributed by atoms with Crippen LogP contribution in [0.25, 0.3) is 11.4 Å². The molecular formula is C15H23N5. The summed E-state index contributed by atoms with van der Waals surface area (Å²) in [4.78, 5) is 9.07. The quantitative estimate of drug-likeness (QED) is 0.935. The van der Waals surface area contributed by atoms with Crippen molar-refractivity contribution >= 4 is 5.82 Å². The van der Waals surface area contributed by atoms with Crippen LogP contribution in [0, 0.1) is 0 Å². The van der Waals surface area contributed by atoms with Gasteiger partial charge in [0.05, 0.1) is 18.2 Å². The van der Waals surface area contributed by atoms with Gasteiger partial charge in [-0.3, -0.25) is 0 Å². The van der Waals surface area contributed by atoms with E-state index in [9.17, 15) is 0 Å². The Morgan fingerprint density at radius 2 is 2.05 bits per heavy atom. The average molecular weight is 273 g/mol. The summed E-state index contributed by atoms with van der Waals surface area (Å²) < 4.78 is 4.36. The molecule has 0 bridgehead atoms. The summed E-state index contributed by atoms with van der Waals surface area (Å²) in [5, 5.41) is 0. The largest absolute Gasteiger partial charge is 0.383 e. The van der Waals surface area contributed by atoms with Gasteiger partial charge in [-0.25, -0.2) is 9.97 Å². The van der Waals surface area contributed by atoms with Crippen LogP contribution in [0.4, 0.5) is 5.82 Å².